The molecule has 0 unspecified atom stereocenters. The topological polar surface area (TPSA) is 117 Å². The molecule has 11 heteroatoms. The van der Waals surface area contributed by atoms with Gasteiger partial charge in [-0.1, -0.05) is 17.7 Å². The predicted octanol–water partition coefficient (Wildman–Crippen LogP) is 3.02. The van der Waals surface area contributed by atoms with Gasteiger partial charge in [-0.15, -0.1) is 0 Å². The summed E-state index contributed by atoms with van der Waals surface area (Å²) in [7, 11) is -4.84. The van der Waals surface area contributed by atoms with Crippen molar-refractivity contribution < 1.29 is 26.0 Å². The Balaban J connectivity index is 2.41. The smallest absolute Gasteiger partial charge is 0.268 e. The van der Waals surface area contributed by atoms with Gasteiger partial charge in [-0.05, 0) is 37.3 Å². The van der Waals surface area contributed by atoms with Crippen LogP contribution in [-0.2, 0) is 25.6 Å². The lowest BCUT2D eigenvalue weighted by Gasteiger charge is -2.13. The van der Waals surface area contributed by atoms with Crippen molar-refractivity contribution in [2.24, 2.45) is 0 Å². The van der Waals surface area contributed by atoms with E-state index in [1.165, 1.54) is 29.3 Å². The van der Waals surface area contributed by atoms with Gasteiger partial charge in [0, 0.05) is 37.5 Å². The molecule has 2 aromatic carbocycles. The Morgan fingerprint density at radius 1 is 1.12 bits per heavy atom. The third-order valence-corrected chi connectivity index (χ3v) is 7.46. The summed E-state index contributed by atoms with van der Waals surface area (Å²) in [6.07, 6.45) is 2.18. The van der Waals surface area contributed by atoms with Crippen LogP contribution >= 0.6 is 0 Å². The summed E-state index contributed by atoms with van der Waals surface area (Å²) in [4.78, 5) is 14.6. The summed E-state index contributed by atoms with van der Waals surface area (Å²) < 4.78 is 66.3. The average molecular weight is 504 g/mol. The maximum absolute atomic E-state index is 14.7. The number of hydrogen-bond donors (Lipinski definition) is 0. The molecule has 1 heterocycles. The molecule has 0 fully saturated rings. The first-order chi connectivity index (χ1) is 15.7. The summed E-state index contributed by atoms with van der Waals surface area (Å²) in [5, 5.41) is 9.55. The van der Waals surface area contributed by atoms with E-state index in [1.54, 1.807) is 39.2 Å². The van der Waals surface area contributed by atoms with Crippen molar-refractivity contribution in [1.29, 1.82) is 5.26 Å². The molecule has 0 aliphatic heterocycles. The van der Waals surface area contributed by atoms with Crippen LogP contribution in [0.4, 0.5) is 4.39 Å². The number of nitrogens with zero attached hydrogens (tertiary/aromatic N) is 3. The van der Waals surface area contributed by atoms with Gasteiger partial charge in [0.15, 0.2) is 9.84 Å². The second-order valence-corrected chi connectivity index (χ2v) is 12.1. The standard InChI is InChI=1S/C23H22FN3O5S2/c1-15-5-7-19(8-6-15)34(31,32)27-21-11-17(14-33(4,29)30)20(24)9-16(21)10-22(27)23(28)18(12-25)13-26(2)3/h5-11,13H,14H2,1-4H3. The molecule has 0 bridgehead atoms. The molecule has 0 amide bonds. The van der Waals surface area contributed by atoms with Gasteiger partial charge in [0.2, 0.25) is 5.78 Å². The molecular formula is C23H22FN3O5S2. The van der Waals surface area contributed by atoms with Crippen LogP contribution in [0.3, 0.4) is 0 Å². The lowest BCUT2D eigenvalue weighted by atomic mass is 10.1. The van der Waals surface area contributed by atoms with Crippen LogP contribution in [0.5, 0.6) is 0 Å². The van der Waals surface area contributed by atoms with Crippen LogP contribution in [-0.4, -0.2) is 51.8 Å². The van der Waals surface area contributed by atoms with E-state index >= 15 is 0 Å². The highest BCUT2D eigenvalue weighted by atomic mass is 32.2. The average Bonchev–Trinajstić information content (AvgIpc) is 3.09. The molecule has 0 aliphatic carbocycles. The third kappa shape index (κ3) is 5.03. The second-order valence-electron chi connectivity index (χ2n) is 8.13. The van der Waals surface area contributed by atoms with Crippen molar-refractivity contribution in [1.82, 2.24) is 8.87 Å². The molecule has 0 saturated carbocycles. The number of carbonyl (C=O) groups is 1. The van der Waals surface area contributed by atoms with Crippen molar-refractivity contribution in [2.75, 3.05) is 20.4 Å². The Hall–Kier alpha value is -3.49. The van der Waals surface area contributed by atoms with Crippen molar-refractivity contribution in [2.45, 2.75) is 17.6 Å². The summed E-state index contributed by atoms with van der Waals surface area (Å²) in [5.74, 6) is -2.39. The van der Waals surface area contributed by atoms with Crippen LogP contribution < -0.4 is 0 Å². The Morgan fingerprint density at radius 3 is 2.26 bits per heavy atom. The van der Waals surface area contributed by atoms with Gasteiger partial charge in [-0.2, -0.15) is 5.26 Å². The Labute approximate surface area is 197 Å². The van der Waals surface area contributed by atoms with Crippen molar-refractivity contribution >= 4 is 36.5 Å². The predicted molar refractivity (Wildman–Crippen MR) is 126 cm³/mol. The fraction of sp³-hybridized carbons (Fsp3) is 0.217. The molecule has 178 valence electrons. The minimum atomic E-state index is -4.38. The lowest BCUT2D eigenvalue weighted by Crippen LogP contribution is -2.20. The minimum Gasteiger partial charge on any atom is -0.382 e. The molecule has 0 spiro atoms. The molecule has 0 N–H and O–H groups in total. The highest BCUT2D eigenvalue weighted by Crippen LogP contribution is 2.30. The van der Waals surface area contributed by atoms with E-state index in [0.717, 1.165) is 27.9 Å². The zero-order chi connectivity index (χ0) is 25.4. The number of rotatable bonds is 7. The van der Waals surface area contributed by atoms with Crippen LogP contribution in [0.25, 0.3) is 10.9 Å². The number of hydrogen-bond acceptors (Lipinski definition) is 7. The van der Waals surface area contributed by atoms with Gasteiger partial charge in [0.1, 0.15) is 23.2 Å². The summed E-state index contributed by atoms with van der Waals surface area (Å²) in [6, 6.07) is 10.9. The van der Waals surface area contributed by atoms with E-state index in [0.29, 0.717) is 0 Å². The highest BCUT2D eigenvalue weighted by molar-refractivity contribution is 7.90. The maximum Gasteiger partial charge on any atom is 0.268 e. The number of nitriles is 1. The number of aryl methyl sites for hydroxylation is 1. The SMILES string of the molecule is Cc1ccc(S(=O)(=O)n2c(C(=O)C(C#N)=CN(C)C)cc3cc(F)c(CS(C)(=O)=O)cc32)cc1. The van der Waals surface area contributed by atoms with E-state index in [4.69, 9.17) is 0 Å². The highest BCUT2D eigenvalue weighted by Gasteiger charge is 2.29. The second kappa shape index (κ2) is 9.04. The molecule has 8 nitrogen and oxygen atoms in total. The van der Waals surface area contributed by atoms with E-state index in [-0.39, 0.29) is 32.6 Å². The molecule has 0 radical (unpaired) electrons. The zero-order valence-corrected chi connectivity index (χ0v) is 20.5. The van der Waals surface area contributed by atoms with E-state index < -0.39 is 37.2 Å². The first-order valence-corrected chi connectivity index (χ1v) is 13.4. The van der Waals surface area contributed by atoms with Gasteiger partial charge in [-0.3, -0.25) is 4.79 Å². The van der Waals surface area contributed by atoms with Crippen LogP contribution in [0.2, 0.25) is 0 Å². The monoisotopic (exact) mass is 503 g/mol. The molecular weight excluding hydrogens is 481 g/mol. The van der Waals surface area contributed by atoms with Crippen LogP contribution in [0.15, 0.2) is 59.1 Å². The van der Waals surface area contributed by atoms with Gasteiger partial charge in [-0.25, -0.2) is 25.2 Å². The van der Waals surface area contributed by atoms with E-state index in [1.807, 2.05) is 0 Å². The number of aromatic nitrogens is 1. The fourth-order valence-electron chi connectivity index (χ4n) is 3.41. The number of fused-ring (bicyclic) bond motifs is 1. The largest absolute Gasteiger partial charge is 0.382 e. The van der Waals surface area contributed by atoms with Gasteiger partial charge in [0.25, 0.3) is 10.0 Å². The molecule has 1 aromatic heterocycles. The number of Topliss-reactive ketones (excluding diaryl/α,β-unsaturated/α-hetero) is 1. The maximum atomic E-state index is 14.7. The molecule has 0 atom stereocenters. The van der Waals surface area contributed by atoms with Gasteiger partial charge >= 0.3 is 0 Å². The Morgan fingerprint density at radius 2 is 1.74 bits per heavy atom. The normalized spacial score (nSPS) is 12.5. The Kier molecular flexibility index (Phi) is 6.68. The number of carbonyl (C=O) groups excluding carboxylic acids is 1. The summed E-state index contributed by atoms with van der Waals surface area (Å²) in [5.41, 5.74) is -0.208. The van der Waals surface area contributed by atoms with E-state index in [2.05, 4.69) is 0 Å². The number of halogens is 1. The van der Waals surface area contributed by atoms with Crippen molar-refractivity contribution in [3.8, 4) is 6.07 Å². The molecule has 34 heavy (non-hydrogen) atoms. The number of ketones is 1. The minimum absolute atomic E-state index is 0.0657. The summed E-state index contributed by atoms with van der Waals surface area (Å²) in [6.45, 7) is 1.78. The fourth-order valence-corrected chi connectivity index (χ4v) is 5.70. The van der Waals surface area contributed by atoms with Crippen molar-refractivity contribution in [3.05, 3.63) is 76.9 Å². The van der Waals surface area contributed by atoms with Gasteiger partial charge in [0.05, 0.1) is 16.2 Å². The molecule has 0 aliphatic rings. The summed E-state index contributed by atoms with van der Waals surface area (Å²) >= 11 is 0. The zero-order valence-electron chi connectivity index (χ0n) is 18.9. The van der Waals surface area contributed by atoms with Crippen molar-refractivity contribution in [3.63, 3.8) is 0 Å². The third-order valence-electron chi connectivity index (χ3n) is 4.89. The van der Waals surface area contributed by atoms with E-state index in [9.17, 15) is 31.3 Å². The van der Waals surface area contributed by atoms with Crippen LogP contribution in [0.1, 0.15) is 21.6 Å². The number of benzene rings is 2. The number of sulfone groups is 1. The molecule has 3 rings (SSSR count). The first kappa shape index (κ1) is 25.1. The van der Waals surface area contributed by atoms with Gasteiger partial charge < -0.3 is 4.90 Å². The molecule has 0 saturated heterocycles. The number of allylic oxidation sites excluding steroid dienone is 1. The van der Waals surface area contributed by atoms with Crippen LogP contribution in [0, 0.1) is 24.1 Å². The Bertz CT molecular complexity index is 1580. The molecule has 3 aromatic rings. The quantitative estimate of drug-likeness (QED) is 0.276. The lowest BCUT2D eigenvalue weighted by molar-refractivity contribution is 0.103. The first-order valence-electron chi connectivity index (χ1n) is 9.91.